The topological polar surface area (TPSA) is 141 Å². The van der Waals surface area contributed by atoms with Gasteiger partial charge in [0.1, 0.15) is 17.8 Å². The number of aromatic nitrogens is 1. The van der Waals surface area contributed by atoms with E-state index < -0.39 is 35.9 Å². The number of benzene rings is 2. The van der Waals surface area contributed by atoms with Gasteiger partial charge < -0.3 is 30.4 Å². The van der Waals surface area contributed by atoms with Crippen molar-refractivity contribution in [2.24, 2.45) is 0 Å². The maximum absolute atomic E-state index is 14.1. The number of cyclic esters (lactones) is 1. The first-order chi connectivity index (χ1) is 20.5. The summed E-state index contributed by atoms with van der Waals surface area (Å²) < 4.78 is 5.87. The molecule has 4 rings (SSSR count). The number of halogens is 1. The predicted octanol–water partition coefficient (Wildman–Crippen LogP) is 4.43. The number of esters is 1. The van der Waals surface area contributed by atoms with E-state index in [0.29, 0.717) is 22.9 Å². The summed E-state index contributed by atoms with van der Waals surface area (Å²) in [5, 5.41) is 16.7. The second-order valence-corrected chi connectivity index (χ2v) is 11.7. The third-order valence-electron chi connectivity index (χ3n) is 7.64. The number of carbonyl (C=O) groups is 4. The highest BCUT2D eigenvalue weighted by Gasteiger charge is 2.33. The van der Waals surface area contributed by atoms with Crippen LogP contribution in [0.4, 0.5) is 0 Å². The first-order valence-corrected chi connectivity index (χ1v) is 15.0. The summed E-state index contributed by atoms with van der Waals surface area (Å²) in [5.41, 5.74) is 3.27. The van der Waals surface area contributed by atoms with Gasteiger partial charge in [0, 0.05) is 37.0 Å². The highest BCUT2D eigenvalue weighted by Crippen LogP contribution is 2.29. The van der Waals surface area contributed by atoms with Crippen molar-refractivity contribution in [1.82, 2.24) is 20.5 Å². The van der Waals surface area contributed by atoms with Gasteiger partial charge in [-0.1, -0.05) is 35.9 Å². The molecule has 0 radical (unpaired) electrons. The molecule has 228 valence electrons. The number of likely N-dealkylation sites (N-methyl/N-ethyl adjacent to an activating group) is 1. The Balaban J connectivity index is 1.70. The number of aromatic hydroxyl groups is 1. The number of amides is 3. The maximum Gasteiger partial charge on any atom is 0.308 e. The molecule has 3 atom stereocenters. The summed E-state index contributed by atoms with van der Waals surface area (Å²) in [5.74, 6) is -1.68. The van der Waals surface area contributed by atoms with E-state index in [1.165, 1.54) is 18.0 Å². The highest BCUT2D eigenvalue weighted by atomic mass is 79.9. The molecule has 10 nitrogen and oxygen atoms in total. The van der Waals surface area contributed by atoms with Crippen molar-refractivity contribution < 1.29 is 29.0 Å². The van der Waals surface area contributed by atoms with Gasteiger partial charge in [-0.2, -0.15) is 0 Å². The summed E-state index contributed by atoms with van der Waals surface area (Å²) >= 11 is 3.31. The van der Waals surface area contributed by atoms with Crippen molar-refractivity contribution in [3.8, 4) is 5.75 Å². The van der Waals surface area contributed by atoms with Crippen LogP contribution in [0.5, 0.6) is 5.75 Å². The van der Waals surface area contributed by atoms with Gasteiger partial charge in [-0.05, 0) is 71.9 Å². The van der Waals surface area contributed by atoms with Crippen LogP contribution >= 0.6 is 15.9 Å². The lowest BCUT2D eigenvalue weighted by Crippen LogP contribution is -2.54. The van der Waals surface area contributed by atoms with Crippen LogP contribution in [-0.2, 0) is 30.3 Å². The number of ether oxygens (including phenoxy) is 1. The Bertz CT molecular complexity index is 1530. The highest BCUT2D eigenvalue weighted by molar-refractivity contribution is 9.10. The molecule has 0 unspecified atom stereocenters. The largest absolute Gasteiger partial charge is 0.507 e. The second-order valence-electron chi connectivity index (χ2n) is 10.9. The molecule has 2 aromatic carbocycles. The number of nitrogens with one attached hydrogen (secondary N) is 3. The third kappa shape index (κ3) is 8.25. The van der Waals surface area contributed by atoms with Gasteiger partial charge in [0.15, 0.2) is 0 Å². The number of para-hydroxylation sites is 1. The lowest BCUT2D eigenvalue weighted by Gasteiger charge is -2.31. The number of nitrogens with zero attached hydrogens (tertiary/aromatic N) is 1. The van der Waals surface area contributed by atoms with Crippen molar-refractivity contribution in [3.63, 3.8) is 0 Å². The van der Waals surface area contributed by atoms with Gasteiger partial charge in [0.2, 0.25) is 17.7 Å². The molecule has 0 saturated heterocycles. The molecule has 11 heteroatoms. The van der Waals surface area contributed by atoms with Crippen LogP contribution in [-0.4, -0.2) is 64.4 Å². The monoisotopic (exact) mass is 652 g/mol. The van der Waals surface area contributed by atoms with Gasteiger partial charge in [-0.25, -0.2) is 0 Å². The number of aromatic amines is 1. The Hall–Kier alpha value is -4.12. The third-order valence-corrected chi connectivity index (χ3v) is 8.27. The molecular weight excluding hydrogens is 616 g/mol. The number of rotatable bonds is 3. The number of fused-ring (bicyclic) bond motifs is 1. The molecule has 0 saturated carbocycles. The zero-order chi connectivity index (χ0) is 31.1. The normalized spacial score (nSPS) is 23.0. The lowest BCUT2D eigenvalue weighted by atomic mass is 9.99. The van der Waals surface area contributed by atoms with Crippen molar-refractivity contribution in [2.75, 3.05) is 13.7 Å². The van der Waals surface area contributed by atoms with E-state index >= 15 is 0 Å². The van der Waals surface area contributed by atoms with Crippen molar-refractivity contribution in [1.29, 1.82) is 0 Å². The standard InChI is InChI=1S/C32H37BrN4O6/c1-19-7-6-14-43-30(40)17-26(21-11-12-28(38)24(33)15-21)36-31(41)27(16-22-18-34-25-9-5-4-8-23(22)25)37(3)32(42)20(2)35-29(39)13-10-19/h4-5,7-9,11-12,15,18,20,26-27,34,38H,6,10,13-14,16-17H2,1-3H3,(H,35,39)(H,36,41)/b19-7-/t20-,26+,27+/m0/s1. The SMILES string of the molecule is C/C1=C/CCOC(=O)C[C@H](c2ccc(O)c(Br)c2)NC(=O)[C@@H](Cc2c[nH]c3ccccc23)N(C)C(=O)[C@H](C)NC(=O)CC1. The minimum atomic E-state index is -0.978. The second kappa shape index (κ2) is 14.4. The molecule has 43 heavy (non-hydrogen) atoms. The first kappa shape index (κ1) is 31.8. The quantitative estimate of drug-likeness (QED) is 0.244. The minimum Gasteiger partial charge on any atom is -0.507 e. The summed E-state index contributed by atoms with van der Waals surface area (Å²) in [4.78, 5) is 57.7. The number of H-pyrrole nitrogens is 1. The van der Waals surface area contributed by atoms with Gasteiger partial charge in [-0.15, -0.1) is 0 Å². The van der Waals surface area contributed by atoms with E-state index in [9.17, 15) is 24.3 Å². The number of phenolic OH excluding ortho intramolecular Hbond substituents is 1. The van der Waals surface area contributed by atoms with E-state index in [2.05, 4.69) is 31.5 Å². The van der Waals surface area contributed by atoms with Crippen LogP contribution in [0.1, 0.15) is 56.7 Å². The molecule has 0 spiro atoms. The minimum absolute atomic E-state index is 0.0126. The molecule has 1 aliphatic heterocycles. The summed E-state index contributed by atoms with van der Waals surface area (Å²) in [6, 6.07) is 9.75. The molecule has 1 aliphatic rings. The van der Waals surface area contributed by atoms with Crippen molar-refractivity contribution in [3.05, 3.63) is 75.9 Å². The molecule has 2 heterocycles. The predicted molar refractivity (Wildman–Crippen MR) is 166 cm³/mol. The summed E-state index contributed by atoms with van der Waals surface area (Å²) in [6.45, 7) is 3.66. The number of phenols is 1. The van der Waals surface area contributed by atoms with Gasteiger partial charge >= 0.3 is 5.97 Å². The number of hydrogen-bond acceptors (Lipinski definition) is 6. The molecule has 0 fully saturated rings. The van der Waals surface area contributed by atoms with E-state index in [0.717, 1.165) is 22.0 Å². The zero-order valence-electron chi connectivity index (χ0n) is 24.5. The summed E-state index contributed by atoms with van der Waals surface area (Å²) in [7, 11) is 1.54. The fraction of sp³-hybridized carbons (Fsp3) is 0.375. The molecule has 4 N–H and O–H groups in total. The molecule has 1 aromatic heterocycles. The molecule has 0 bridgehead atoms. The lowest BCUT2D eigenvalue weighted by molar-refractivity contribution is -0.145. The van der Waals surface area contributed by atoms with Crippen molar-refractivity contribution >= 4 is 50.5 Å². The van der Waals surface area contributed by atoms with E-state index in [1.54, 1.807) is 19.1 Å². The van der Waals surface area contributed by atoms with E-state index in [1.807, 2.05) is 43.5 Å². The van der Waals surface area contributed by atoms with E-state index in [4.69, 9.17) is 4.74 Å². The Morgan fingerprint density at radius 1 is 1.07 bits per heavy atom. The van der Waals surface area contributed by atoms with Gasteiger partial charge in [-0.3, -0.25) is 19.2 Å². The number of carbonyl (C=O) groups excluding carboxylic acids is 4. The van der Waals surface area contributed by atoms with Crippen LogP contribution in [0.15, 0.2) is 64.8 Å². The average molecular weight is 654 g/mol. The molecule has 3 aromatic rings. The molecular formula is C32H37BrN4O6. The summed E-state index contributed by atoms with van der Waals surface area (Å²) in [6.07, 6.45) is 4.93. The van der Waals surface area contributed by atoms with Crippen LogP contribution in [0.25, 0.3) is 10.9 Å². The Morgan fingerprint density at radius 2 is 1.84 bits per heavy atom. The van der Waals surface area contributed by atoms with Crippen LogP contribution < -0.4 is 10.6 Å². The van der Waals surface area contributed by atoms with Gasteiger partial charge in [0.25, 0.3) is 0 Å². The van der Waals surface area contributed by atoms with Gasteiger partial charge in [0.05, 0.1) is 23.5 Å². The number of allylic oxidation sites excluding steroid dienone is 1. The van der Waals surface area contributed by atoms with E-state index in [-0.39, 0.29) is 37.5 Å². The van der Waals surface area contributed by atoms with Crippen molar-refractivity contribution in [2.45, 2.75) is 64.1 Å². The van der Waals surface area contributed by atoms with Crippen LogP contribution in [0, 0.1) is 0 Å². The van der Waals surface area contributed by atoms with Crippen LogP contribution in [0.2, 0.25) is 0 Å². The zero-order valence-corrected chi connectivity index (χ0v) is 26.1. The molecule has 0 aliphatic carbocycles. The Labute approximate surface area is 259 Å². The fourth-order valence-electron chi connectivity index (χ4n) is 5.13. The Kier molecular flexibility index (Phi) is 10.6. The number of hydrogen-bond donors (Lipinski definition) is 4. The first-order valence-electron chi connectivity index (χ1n) is 14.2. The van der Waals surface area contributed by atoms with Crippen LogP contribution in [0.3, 0.4) is 0 Å². The average Bonchev–Trinajstić information content (AvgIpc) is 3.39. The maximum atomic E-state index is 14.1. The fourth-order valence-corrected chi connectivity index (χ4v) is 5.52. The Morgan fingerprint density at radius 3 is 2.60 bits per heavy atom. The smallest absolute Gasteiger partial charge is 0.308 e. The molecule has 3 amide bonds.